The lowest BCUT2D eigenvalue weighted by molar-refractivity contribution is 0.186. The maximum Gasteiger partial charge on any atom is 0.195 e. The highest BCUT2D eigenvalue weighted by molar-refractivity contribution is 5.73. The van der Waals surface area contributed by atoms with Crippen molar-refractivity contribution in [2.45, 2.75) is 47.1 Å². The van der Waals surface area contributed by atoms with Crippen LogP contribution in [0.15, 0.2) is 34.7 Å². The Morgan fingerprint density at radius 2 is 2.14 bits per heavy atom. The third-order valence-corrected chi connectivity index (χ3v) is 3.07. The first kappa shape index (κ1) is 15.5. The molecule has 0 atom stereocenters. The van der Waals surface area contributed by atoms with Crippen LogP contribution in [0, 0.1) is 5.41 Å². The van der Waals surface area contributed by atoms with Crippen molar-refractivity contribution in [3.8, 4) is 0 Å². The molecule has 0 saturated heterocycles. The third kappa shape index (κ3) is 4.31. The first-order valence-electron chi connectivity index (χ1n) is 7.21. The smallest absolute Gasteiger partial charge is 0.195 e. The first-order chi connectivity index (χ1) is 9.91. The normalized spacial score (nSPS) is 12.9. The third-order valence-electron chi connectivity index (χ3n) is 3.07. The standard InChI is InChI=1S/C17H22FNO2/c1-5-13(10-18)20-11-12-6-7-14-15(8-12)21-16(19-14)9-17(2,3)4/h6-8,10H,5,9,11H2,1-4H3/b13-10+. The molecule has 0 aliphatic carbocycles. The van der Waals surface area contributed by atoms with Crippen molar-refractivity contribution in [1.82, 2.24) is 4.98 Å². The molecule has 0 bridgehead atoms. The molecule has 2 aromatic rings. The maximum absolute atomic E-state index is 12.5. The second-order valence-corrected chi connectivity index (χ2v) is 6.36. The van der Waals surface area contributed by atoms with Crippen LogP contribution >= 0.6 is 0 Å². The molecule has 21 heavy (non-hydrogen) atoms. The summed E-state index contributed by atoms with van der Waals surface area (Å²) >= 11 is 0. The summed E-state index contributed by atoms with van der Waals surface area (Å²) in [7, 11) is 0. The van der Waals surface area contributed by atoms with Crippen LogP contribution in [-0.4, -0.2) is 4.98 Å². The number of hydrogen-bond acceptors (Lipinski definition) is 3. The molecule has 1 aromatic carbocycles. The molecule has 4 heteroatoms. The molecule has 0 fully saturated rings. The number of nitrogens with zero attached hydrogens (tertiary/aromatic N) is 1. The zero-order valence-electron chi connectivity index (χ0n) is 13.1. The summed E-state index contributed by atoms with van der Waals surface area (Å²) in [5.41, 5.74) is 2.66. The summed E-state index contributed by atoms with van der Waals surface area (Å²) in [5.74, 6) is 1.09. The van der Waals surface area contributed by atoms with E-state index in [0.717, 1.165) is 29.0 Å². The first-order valence-corrected chi connectivity index (χ1v) is 7.21. The molecule has 0 aliphatic rings. The molecular weight excluding hydrogens is 269 g/mol. The number of aromatic nitrogens is 1. The number of allylic oxidation sites excluding steroid dienone is 1. The lowest BCUT2D eigenvalue weighted by Gasteiger charge is -2.14. The van der Waals surface area contributed by atoms with Gasteiger partial charge in [-0.05, 0) is 23.1 Å². The average molecular weight is 291 g/mol. The Hall–Kier alpha value is -1.84. The van der Waals surface area contributed by atoms with Crippen LogP contribution < -0.4 is 0 Å². The molecule has 0 spiro atoms. The highest BCUT2D eigenvalue weighted by Gasteiger charge is 2.16. The summed E-state index contributed by atoms with van der Waals surface area (Å²) in [6.45, 7) is 8.63. The van der Waals surface area contributed by atoms with Crippen molar-refractivity contribution >= 4 is 11.1 Å². The summed E-state index contributed by atoms with van der Waals surface area (Å²) in [6.07, 6.45) is 1.84. The molecule has 0 aliphatic heterocycles. The van der Waals surface area contributed by atoms with Crippen LogP contribution in [0.1, 0.15) is 45.6 Å². The van der Waals surface area contributed by atoms with E-state index in [1.54, 1.807) is 0 Å². The molecule has 0 unspecified atom stereocenters. The predicted molar refractivity (Wildman–Crippen MR) is 81.4 cm³/mol. The minimum Gasteiger partial charge on any atom is -0.491 e. The van der Waals surface area contributed by atoms with Gasteiger partial charge in [0, 0.05) is 12.8 Å². The van der Waals surface area contributed by atoms with Crippen LogP contribution in [0.3, 0.4) is 0 Å². The topological polar surface area (TPSA) is 35.3 Å². The minimum atomic E-state index is 0.134. The number of halogens is 1. The number of rotatable bonds is 5. The van der Waals surface area contributed by atoms with Gasteiger partial charge in [0.15, 0.2) is 11.5 Å². The van der Waals surface area contributed by atoms with E-state index in [9.17, 15) is 4.39 Å². The van der Waals surface area contributed by atoms with Crippen LogP contribution in [0.5, 0.6) is 0 Å². The SMILES string of the molecule is CC/C(=C\F)OCc1ccc2nc(CC(C)(C)C)oc2c1. The van der Waals surface area contributed by atoms with Crippen LogP contribution in [0.4, 0.5) is 4.39 Å². The number of hydrogen-bond donors (Lipinski definition) is 0. The van der Waals surface area contributed by atoms with E-state index < -0.39 is 0 Å². The van der Waals surface area contributed by atoms with Gasteiger partial charge in [0.2, 0.25) is 0 Å². The van der Waals surface area contributed by atoms with Gasteiger partial charge in [-0.15, -0.1) is 0 Å². The van der Waals surface area contributed by atoms with Gasteiger partial charge in [0.05, 0.1) is 0 Å². The van der Waals surface area contributed by atoms with E-state index in [1.165, 1.54) is 0 Å². The molecule has 3 nitrogen and oxygen atoms in total. The monoisotopic (exact) mass is 291 g/mol. The molecule has 0 radical (unpaired) electrons. The highest BCUT2D eigenvalue weighted by atomic mass is 19.1. The minimum absolute atomic E-state index is 0.134. The van der Waals surface area contributed by atoms with Crippen molar-refractivity contribution in [3.05, 3.63) is 41.7 Å². The highest BCUT2D eigenvalue weighted by Crippen LogP contribution is 2.24. The van der Waals surface area contributed by atoms with Crippen molar-refractivity contribution in [2.75, 3.05) is 0 Å². The number of oxazole rings is 1. The quantitative estimate of drug-likeness (QED) is 0.714. The maximum atomic E-state index is 12.5. The second-order valence-electron chi connectivity index (χ2n) is 6.36. The summed E-state index contributed by atoms with van der Waals surface area (Å²) in [5, 5.41) is 0. The molecule has 0 saturated carbocycles. The molecule has 1 heterocycles. The molecule has 2 rings (SSSR count). The lowest BCUT2D eigenvalue weighted by atomic mass is 9.92. The van der Waals surface area contributed by atoms with Gasteiger partial charge in [-0.25, -0.2) is 9.37 Å². The Bertz CT molecular complexity index is 638. The van der Waals surface area contributed by atoms with E-state index in [2.05, 4.69) is 25.8 Å². The number of benzene rings is 1. The zero-order chi connectivity index (χ0) is 15.5. The van der Waals surface area contributed by atoms with Gasteiger partial charge in [-0.1, -0.05) is 33.8 Å². The van der Waals surface area contributed by atoms with Crippen molar-refractivity contribution in [2.24, 2.45) is 5.41 Å². The molecule has 0 amide bonds. The Kier molecular flexibility index (Phi) is 4.66. The zero-order valence-corrected chi connectivity index (χ0v) is 13.1. The second kappa shape index (κ2) is 6.29. The van der Waals surface area contributed by atoms with Crippen molar-refractivity contribution in [3.63, 3.8) is 0 Å². The Morgan fingerprint density at radius 3 is 2.76 bits per heavy atom. The van der Waals surface area contributed by atoms with E-state index in [-0.39, 0.29) is 5.41 Å². The van der Waals surface area contributed by atoms with Gasteiger partial charge in [0.1, 0.15) is 24.2 Å². The predicted octanol–water partition coefficient (Wildman–Crippen LogP) is 5.15. The molecule has 1 aromatic heterocycles. The number of ether oxygens (including phenoxy) is 1. The Labute approximate surface area is 124 Å². The Morgan fingerprint density at radius 1 is 1.38 bits per heavy atom. The Balaban J connectivity index is 2.14. The van der Waals surface area contributed by atoms with E-state index >= 15 is 0 Å². The van der Waals surface area contributed by atoms with Gasteiger partial charge in [-0.2, -0.15) is 0 Å². The van der Waals surface area contributed by atoms with E-state index in [4.69, 9.17) is 9.15 Å². The fraction of sp³-hybridized carbons (Fsp3) is 0.471. The average Bonchev–Trinajstić information content (AvgIpc) is 2.78. The van der Waals surface area contributed by atoms with Crippen LogP contribution in [0.25, 0.3) is 11.1 Å². The van der Waals surface area contributed by atoms with E-state index in [0.29, 0.717) is 25.1 Å². The van der Waals surface area contributed by atoms with Crippen LogP contribution in [-0.2, 0) is 17.8 Å². The fourth-order valence-electron chi connectivity index (χ4n) is 2.02. The van der Waals surface area contributed by atoms with Gasteiger partial charge in [0.25, 0.3) is 0 Å². The molecular formula is C17H22FNO2. The van der Waals surface area contributed by atoms with Crippen molar-refractivity contribution < 1.29 is 13.5 Å². The summed E-state index contributed by atoms with van der Waals surface area (Å²) < 4.78 is 23.6. The molecule has 114 valence electrons. The van der Waals surface area contributed by atoms with Gasteiger partial charge < -0.3 is 9.15 Å². The fourth-order valence-corrected chi connectivity index (χ4v) is 2.02. The van der Waals surface area contributed by atoms with Crippen molar-refractivity contribution in [1.29, 1.82) is 0 Å². The summed E-state index contributed by atoms with van der Waals surface area (Å²) in [6, 6.07) is 5.74. The number of fused-ring (bicyclic) bond motifs is 1. The van der Waals surface area contributed by atoms with E-state index in [1.807, 2.05) is 25.1 Å². The van der Waals surface area contributed by atoms with Crippen LogP contribution in [0.2, 0.25) is 0 Å². The largest absolute Gasteiger partial charge is 0.491 e. The van der Waals surface area contributed by atoms with Gasteiger partial charge >= 0.3 is 0 Å². The lowest BCUT2D eigenvalue weighted by Crippen LogP contribution is -2.09. The summed E-state index contributed by atoms with van der Waals surface area (Å²) in [4.78, 5) is 4.49. The van der Waals surface area contributed by atoms with Gasteiger partial charge in [-0.3, -0.25) is 0 Å². The molecule has 0 N–H and O–H groups in total.